The van der Waals surface area contributed by atoms with Crippen LogP contribution in [0.4, 0.5) is 0 Å². The second kappa shape index (κ2) is 10.8. The molecule has 0 aromatic heterocycles. The highest BCUT2D eigenvalue weighted by atomic mass is 16.4. The SMILES string of the molecule is CCCCCCc1ccc(CCCCCC)c(C(=O)O)c1C(=O)O. The molecule has 0 radical (unpaired) electrons. The van der Waals surface area contributed by atoms with Gasteiger partial charge in [-0.15, -0.1) is 0 Å². The van der Waals surface area contributed by atoms with E-state index in [2.05, 4.69) is 13.8 Å². The Morgan fingerprint density at radius 1 is 0.708 bits per heavy atom. The van der Waals surface area contributed by atoms with Crippen LogP contribution in [0, 0.1) is 0 Å². The van der Waals surface area contributed by atoms with Crippen LogP contribution in [0.1, 0.15) is 97.1 Å². The number of hydrogen-bond donors (Lipinski definition) is 2. The standard InChI is InChI=1S/C20H30O4/c1-3-5-7-9-11-15-13-14-16(12-10-8-6-4-2)18(20(23)24)17(15)19(21)22/h13-14H,3-12H2,1-2H3,(H,21,22)(H,23,24). The summed E-state index contributed by atoms with van der Waals surface area (Å²) in [5.74, 6) is -2.26. The van der Waals surface area contributed by atoms with Crippen LogP contribution in [-0.4, -0.2) is 22.2 Å². The van der Waals surface area contributed by atoms with Crippen molar-refractivity contribution in [1.29, 1.82) is 0 Å². The van der Waals surface area contributed by atoms with E-state index >= 15 is 0 Å². The van der Waals surface area contributed by atoms with E-state index in [4.69, 9.17) is 0 Å². The molecule has 4 nitrogen and oxygen atoms in total. The van der Waals surface area contributed by atoms with Crippen LogP contribution in [0.3, 0.4) is 0 Å². The zero-order valence-corrected chi connectivity index (χ0v) is 14.9. The van der Waals surface area contributed by atoms with Gasteiger partial charge < -0.3 is 10.2 Å². The first-order valence-electron chi connectivity index (χ1n) is 9.14. The normalized spacial score (nSPS) is 10.8. The molecule has 4 heteroatoms. The number of carbonyl (C=O) groups is 2. The van der Waals surface area contributed by atoms with Crippen LogP contribution in [0.25, 0.3) is 0 Å². The average molecular weight is 334 g/mol. The van der Waals surface area contributed by atoms with Crippen LogP contribution in [0.15, 0.2) is 12.1 Å². The van der Waals surface area contributed by atoms with Gasteiger partial charge in [-0.2, -0.15) is 0 Å². The van der Waals surface area contributed by atoms with Crippen molar-refractivity contribution in [2.24, 2.45) is 0 Å². The minimum Gasteiger partial charge on any atom is -0.478 e. The number of aromatic carboxylic acids is 2. The van der Waals surface area contributed by atoms with Crippen molar-refractivity contribution in [3.05, 3.63) is 34.4 Å². The molecule has 0 atom stereocenters. The monoisotopic (exact) mass is 334 g/mol. The van der Waals surface area contributed by atoms with Gasteiger partial charge in [0.15, 0.2) is 0 Å². The maximum absolute atomic E-state index is 11.7. The van der Waals surface area contributed by atoms with E-state index in [-0.39, 0.29) is 11.1 Å². The number of aryl methyl sites for hydroxylation is 2. The predicted molar refractivity (Wildman–Crippen MR) is 96.1 cm³/mol. The minimum atomic E-state index is -1.13. The molecule has 0 aliphatic rings. The van der Waals surface area contributed by atoms with Gasteiger partial charge in [0.05, 0.1) is 11.1 Å². The molecule has 0 saturated carbocycles. The summed E-state index contributed by atoms with van der Waals surface area (Å²) in [6.45, 7) is 4.25. The summed E-state index contributed by atoms with van der Waals surface area (Å²) < 4.78 is 0. The molecule has 1 aromatic carbocycles. The summed E-state index contributed by atoms with van der Waals surface area (Å²) in [6, 6.07) is 3.63. The van der Waals surface area contributed by atoms with Crippen LogP contribution in [-0.2, 0) is 12.8 Å². The zero-order valence-electron chi connectivity index (χ0n) is 14.9. The van der Waals surface area contributed by atoms with Gasteiger partial charge in [-0.1, -0.05) is 64.5 Å². The van der Waals surface area contributed by atoms with E-state index in [9.17, 15) is 19.8 Å². The van der Waals surface area contributed by atoms with E-state index in [0.717, 1.165) is 51.4 Å². The molecule has 2 N–H and O–H groups in total. The summed E-state index contributed by atoms with van der Waals surface area (Å²) in [4.78, 5) is 23.4. The molecule has 0 aliphatic carbocycles. The molecule has 1 rings (SSSR count). The molecule has 1 aromatic rings. The van der Waals surface area contributed by atoms with Crippen molar-refractivity contribution in [2.75, 3.05) is 0 Å². The molecule has 0 spiro atoms. The van der Waals surface area contributed by atoms with Crippen LogP contribution >= 0.6 is 0 Å². The van der Waals surface area contributed by atoms with Crippen LogP contribution in [0.2, 0.25) is 0 Å². The number of benzene rings is 1. The lowest BCUT2D eigenvalue weighted by atomic mass is 9.90. The van der Waals surface area contributed by atoms with Gasteiger partial charge in [-0.3, -0.25) is 0 Å². The third kappa shape index (κ3) is 5.99. The molecule has 0 bridgehead atoms. The summed E-state index contributed by atoms with van der Waals surface area (Å²) >= 11 is 0. The summed E-state index contributed by atoms with van der Waals surface area (Å²) in [5, 5.41) is 19.1. The topological polar surface area (TPSA) is 74.6 Å². The van der Waals surface area contributed by atoms with Gasteiger partial charge in [0.1, 0.15) is 0 Å². The van der Waals surface area contributed by atoms with Gasteiger partial charge in [0, 0.05) is 0 Å². The van der Waals surface area contributed by atoms with E-state index in [1.807, 2.05) is 12.1 Å². The minimum absolute atomic E-state index is 0.00742. The molecule has 24 heavy (non-hydrogen) atoms. The molecule has 134 valence electrons. The maximum Gasteiger partial charge on any atom is 0.336 e. The number of carboxylic acids is 2. The highest BCUT2D eigenvalue weighted by Crippen LogP contribution is 2.24. The molecule has 0 amide bonds. The van der Waals surface area contributed by atoms with Crippen molar-refractivity contribution in [1.82, 2.24) is 0 Å². The highest BCUT2D eigenvalue weighted by Gasteiger charge is 2.23. The van der Waals surface area contributed by atoms with Gasteiger partial charge in [-0.25, -0.2) is 9.59 Å². The third-order valence-corrected chi connectivity index (χ3v) is 4.40. The van der Waals surface area contributed by atoms with E-state index in [0.29, 0.717) is 24.0 Å². The van der Waals surface area contributed by atoms with Gasteiger partial charge >= 0.3 is 11.9 Å². The van der Waals surface area contributed by atoms with Crippen molar-refractivity contribution in [2.45, 2.75) is 78.1 Å². The zero-order chi connectivity index (χ0) is 17.9. The molecule has 0 unspecified atom stereocenters. The average Bonchev–Trinajstić information content (AvgIpc) is 2.55. The molecule has 0 heterocycles. The molecular formula is C20H30O4. The fourth-order valence-corrected chi connectivity index (χ4v) is 3.08. The Kier molecular flexibility index (Phi) is 9.13. The molecule has 0 fully saturated rings. The second-order valence-electron chi connectivity index (χ2n) is 6.37. The Hall–Kier alpha value is -1.84. The van der Waals surface area contributed by atoms with Crippen molar-refractivity contribution in [3.63, 3.8) is 0 Å². The Balaban J connectivity index is 3.04. The lowest BCUT2D eigenvalue weighted by molar-refractivity contribution is 0.0649. The first-order valence-corrected chi connectivity index (χ1v) is 9.14. The van der Waals surface area contributed by atoms with Crippen LogP contribution in [0.5, 0.6) is 0 Å². The summed E-state index contributed by atoms with van der Waals surface area (Å²) in [5.41, 5.74) is 1.28. The smallest absolute Gasteiger partial charge is 0.336 e. The Morgan fingerprint density at radius 2 is 1.08 bits per heavy atom. The Morgan fingerprint density at radius 3 is 1.38 bits per heavy atom. The largest absolute Gasteiger partial charge is 0.478 e. The third-order valence-electron chi connectivity index (χ3n) is 4.40. The van der Waals surface area contributed by atoms with E-state index < -0.39 is 11.9 Å². The van der Waals surface area contributed by atoms with E-state index in [1.165, 1.54) is 0 Å². The quantitative estimate of drug-likeness (QED) is 0.507. The van der Waals surface area contributed by atoms with Gasteiger partial charge in [0.25, 0.3) is 0 Å². The molecule has 0 saturated heterocycles. The van der Waals surface area contributed by atoms with Crippen molar-refractivity contribution in [3.8, 4) is 0 Å². The molecule has 0 aliphatic heterocycles. The van der Waals surface area contributed by atoms with Crippen LogP contribution < -0.4 is 0 Å². The summed E-state index contributed by atoms with van der Waals surface area (Å²) in [6.07, 6.45) is 9.56. The summed E-state index contributed by atoms with van der Waals surface area (Å²) in [7, 11) is 0. The second-order valence-corrected chi connectivity index (χ2v) is 6.37. The number of rotatable bonds is 12. The maximum atomic E-state index is 11.7. The van der Waals surface area contributed by atoms with Crippen molar-refractivity contribution >= 4 is 11.9 Å². The lowest BCUT2D eigenvalue weighted by Crippen LogP contribution is -2.15. The fourth-order valence-electron chi connectivity index (χ4n) is 3.08. The predicted octanol–water partition coefficient (Wildman–Crippen LogP) is 5.33. The van der Waals surface area contributed by atoms with Gasteiger partial charge in [-0.05, 0) is 36.8 Å². The fraction of sp³-hybridized carbons (Fsp3) is 0.600. The van der Waals surface area contributed by atoms with Crippen molar-refractivity contribution < 1.29 is 19.8 Å². The first kappa shape index (κ1) is 20.2. The lowest BCUT2D eigenvalue weighted by Gasteiger charge is -2.14. The van der Waals surface area contributed by atoms with E-state index in [1.54, 1.807) is 0 Å². The number of carboxylic acid groups (broad SMARTS) is 2. The molecular weight excluding hydrogens is 304 g/mol. The number of unbranched alkanes of at least 4 members (excludes halogenated alkanes) is 6. The Bertz CT molecular complexity index is 500. The number of hydrogen-bond acceptors (Lipinski definition) is 2. The first-order chi connectivity index (χ1) is 11.5. The van der Waals surface area contributed by atoms with Gasteiger partial charge in [0.2, 0.25) is 0 Å². The Labute approximate surface area is 144 Å². The highest BCUT2D eigenvalue weighted by molar-refractivity contribution is 6.03.